The lowest BCUT2D eigenvalue weighted by Gasteiger charge is -2.18. The fraction of sp³-hybridized carbons (Fsp3) is 0.571. The number of rotatable bonds is 9. The lowest BCUT2D eigenvalue weighted by atomic mass is 10.3. The monoisotopic (exact) mass is 332 g/mol. The van der Waals surface area contributed by atoms with E-state index in [9.17, 15) is 4.39 Å². The fourth-order valence-corrected chi connectivity index (χ4v) is 2.08. The van der Waals surface area contributed by atoms with Crippen LogP contribution >= 0.6 is 15.9 Å². The molecular weight excluding hydrogens is 311 g/mol. The van der Waals surface area contributed by atoms with Gasteiger partial charge in [-0.3, -0.25) is 0 Å². The molecule has 0 unspecified atom stereocenters. The van der Waals surface area contributed by atoms with Crippen molar-refractivity contribution in [1.82, 2.24) is 10.2 Å². The SMILES string of the molecule is CCN(CC)CCNCCOc1cc(F)ccc1Br. The number of hydrogen-bond donors (Lipinski definition) is 1. The lowest BCUT2D eigenvalue weighted by molar-refractivity contribution is 0.284. The average Bonchev–Trinajstić information content (AvgIpc) is 2.42. The number of hydrogen-bond acceptors (Lipinski definition) is 3. The van der Waals surface area contributed by atoms with E-state index < -0.39 is 0 Å². The Labute approximate surface area is 123 Å². The van der Waals surface area contributed by atoms with Crippen LogP contribution in [-0.4, -0.2) is 44.2 Å². The van der Waals surface area contributed by atoms with Crippen molar-refractivity contribution in [3.63, 3.8) is 0 Å². The highest BCUT2D eigenvalue weighted by Crippen LogP contribution is 2.25. The minimum absolute atomic E-state index is 0.285. The first kappa shape index (κ1) is 16.4. The summed E-state index contributed by atoms with van der Waals surface area (Å²) in [6.45, 7) is 9.73. The summed E-state index contributed by atoms with van der Waals surface area (Å²) in [7, 11) is 0. The Morgan fingerprint density at radius 2 is 2.00 bits per heavy atom. The summed E-state index contributed by atoms with van der Waals surface area (Å²) in [6, 6.07) is 4.44. The highest BCUT2D eigenvalue weighted by atomic mass is 79.9. The molecule has 0 aromatic heterocycles. The molecule has 0 fully saturated rings. The summed E-state index contributed by atoms with van der Waals surface area (Å²) in [4.78, 5) is 2.36. The molecule has 0 atom stereocenters. The average molecular weight is 333 g/mol. The number of likely N-dealkylation sites (N-methyl/N-ethyl adjacent to an activating group) is 1. The Hall–Kier alpha value is -0.650. The van der Waals surface area contributed by atoms with Crippen molar-refractivity contribution in [2.75, 3.05) is 39.3 Å². The molecule has 19 heavy (non-hydrogen) atoms. The Balaban J connectivity index is 2.15. The number of ether oxygens (including phenoxy) is 1. The molecule has 1 N–H and O–H groups in total. The summed E-state index contributed by atoms with van der Waals surface area (Å²) in [5.41, 5.74) is 0. The normalized spacial score (nSPS) is 11.0. The molecule has 0 aliphatic heterocycles. The van der Waals surface area contributed by atoms with Crippen molar-refractivity contribution >= 4 is 15.9 Å². The first-order chi connectivity index (χ1) is 9.17. The summed E-state index contributed by atoms with van der Waals surface area (Å²) in [5.74, 6) is 0.262. The summed E-state index contributed by atoms with van der Waals surface area (Å²) < 4.78 is 19.3. The van der Waals surface area contributed by atoms with Crippen molar-refractivity contribution in [1.29, 1.82) is 0 Å². The van der Waals surface area contributed by atoms with Crippen molar-refractivity contribution in [3.05, 3.63) is 28.5 Å². The second-order valence-corrected chi connectivity index (χ2v) is 5.05. The second-order valence-electron chi connectivity index (χ2n) is 4.20. The molecule has 1 aromatic carbocycles. The van der Waals surface area contributed by atoms with Crippen LogP contribution in [0.15, 0.2) is 22.7 Å². The predicted molar refractivity (Wildman–Crippen MR) is 80.3 cm³/mol. The van der Waals surface area contributed by atoms with Gasteiger partial charge < -0.3 is 15.0 Å². The maximum atomic E-state index is 13.0. The van der Waals surface area contributed by atoms with Crippen LogP contribution in [-0.2, 0) is 0 Å². The largest absolute Gasteiger partial charge is 0.491 e. The van der Waals surface area contributed by atoms with E-state index in [2.05, 4.69) is 40.0 Å². The predicted octanol–water partition coefficient (Wildman–Crippen LogP) is 2.90. The zero-order chi connectivity index (χ0) is 14.1. The van der Waals surface area contributed by atoms with E-state index in [1.165, 1.54) is 12.1 Å². The summed E-state index contributed by atoms with van der Waals surface area (Å²) in [6.07, 6.45) is 0. The first-order valence-electron chi connectivity index (χ1n) is 6.68. The van der Waals surface area contributed by atoms with Crippen molar-refractivity contribution < 1.29 is 9.13 Å². The van der Waals surface area contributed by atoms with Crippen LogP contribution in [0.4, 0.5) is 4.39 Å². The zero-order valence-corrected chi connectivity index (χ0v) is 13.2. The van der Waals surface area contributed by atoms with Crippen molar-refractivity contribution in [3.8, 4) is 5.75 Å². The van der Waals surface area contributed by atoms with E-state index in [1.807, 2.05) is 0 Å². The third-order valence-corrected chi connectivity index (χ3v) is 3.58. The third kappa shape index (κ3) is 6.36. The van der Waals surface area contributed by atoms with E-state index in [0.717, 1.165) is 37.2 Å². The van der Waals surface area contributed by atoms with Gasteiger partial charge in [-0.25, -0.2) is 4.39 Å². The molecule has 0 bridgehead atoms. The molecule has 108 valence electrons. The number of halogens is 2. The summed E-state index contributed by atoms with van der Waals surface area (Å²) >= 11 is 3.33. The molecule has 0 amide bonds. The molecule has 0 radical (unpaired) electrons. The molecule has 0 spiro atoms. The van der Waals surface area contributed by atoms with Crippen LogP contribution in [0.3, 0.4) is 0 Å². The molecule has 0 saturated carbocycles. The quantitative estimate of drug-likeness (QED) is 0.704. The van der Waals surface area contributed by atoms with E-state index in [1.54, 1.807) is 6.07 Å². The fourth-order valence-electron chi connectivity index (χ4n) is 1.72. The van der Waals surface area contributed by atoms with Gasteiger partial charge in [0.15, 0.2) is 0 Å². The van der Waals surface area contributed by atoms with Crippen molar-refractivity contribution in [2.45, 2.75) is 13.8 Å². The molecule has 0 saturated heterocycles. The molecule has 0 aliphatic rings. The summed E-state index contributed by atoms with van der Waals surface area (Å²) in [5, 5.41) is 3.31. The van der Waals surface area contributed by atoms with Gasteiger partial charge in [0.25, 0.3) is 0 Å². The minimum Gasteiger partial charge on any atom is -0.491 e. The van der Waals surface area contributed by atoms with E-state index in [4.69, 9.17) is 4.74 Å². The second kappa shape index (κ2) is 9.28. The highest BCUT2D eigenvalue weighted by molar-refractivity contribution is 9.10. The van der Waals surface area contributed by atoms with Crippen LogP contribution in [0.5, 0.6) is 5.75 Å². The molecule has 3 nitrogen and oxygen atoms in total. The maximum absolute atomic E-state index is 13.0. The molecule has 0 heterocycles. The lowest BCUT2D eigenvalue weighted by Crippen LogP contribution is -2.33. The number of benzene rings is 1. The topological polar surface area (TPSA) is 24.5 Å². The Kier molecular flexibility index (Phi) is 8.02. The first-order valence-corrected chi connectivity index (χ1v) is 7.47. The van der Waals surface area contributed by atoms with E-state index in [-0.39, 0.29) is 5.82 Å². The smallest absolute Gasteiger partial charge is 0.136 e. The Morgan fingerprint density at radius 1 is 1.26 bits per heavy atom. The van der Waals surface area contributed by atoms with Gasteiger partial charge >= 0.3 is 0 Å². The molecule has 5 heteroatoms. The van der Waals surface area contributed by atoms with Crippen LogP contribution < -0.4 is 10.1 Å². The highest BCUT2D eigenvalue weighted by Gasteiger charge is 2.02. The minimum atomic E-state index is -0.285. The molecule has 1 aromatic rings. The standard InChI is InChI=1S/C14H22BrFN2O/c1-3-18(4-2)9-7-17-8-10-19-14-11-12(16)5-6-13(14)15/h5-6,11,17H,3-4,7-10H2,1-2H3. The van der Waals surface area contributed by atoms with E-state index >= 15 is 0 Å². The number of nitrogens with zero attached hydrogens (tertiary/aromatic N) is 1. The van der Waals surface area contributed by atoms with Crippen LogP contribution in [0.1, 0.15) is 13.8 Å². The third-order valence-electron chi connectivity index (χ3n) is 2.93. The van der Waals surface area contributed by atoms with E-state index in [0.29, 0.717) is 12.4 Å². The van der Waals surface area contributed by atoms with Gasteiger partial charge in [0.2, 0.25) is 0 Å². The Bertz CT molecular complexity index is 372. The van der Waals surface area contributed by atoms with Gasteiger partial charge in [-0.15, -0.1) is 0 Å². The van der Waals surface area contributed by atoms with Gasteiger partial charge in [0.1, 0.15) is 18.2 Å². The van der Waals surface area contributed by atoms with Crippen LogP contribution in [0, 0.1) is 5.82 Å². The van der Waals surface area contributed by atoms with Gasteiger partial charge in [0.05, 0.1) is 4.47 Å². The maximum Gasteiger partial charge on any atom is 0.136 e. The van der Waals surface area contributed by atoms with Gasteiger partial charge in [-0.05, 0) is 41.2 Å². The van der Waals surface area contributed by atoms with Gasteiger partial charge in [-0.1, -0.05) is 13.8 Å². The number of nitrogens with one attached hydrogen (secondary N) is 1. The van der Waals surface area contributed by atoms with Crippen molar-refractivity contribution in [2.24, 2.45) is 0 Å². The van der Waals surface area contributed by atoms with Gasteiger partial charge in [-0.2, -0.15) is 0 Å². The Morgan fingerprint density at radius 3 is 2.68 bits per heavy atom. The molecular formula is C14H22BrFN2O. The van der Waals surface area contributed by atoms with Crippen LogP contribution in [0.25, 0.3) is 0 Å². The zero-order valence-electron chi connectivity index (χ0n) is 11.6. The van der Waals surface area contributed by atoms with Crippen LogP contribution in [0.2, 0.25) is 0 Å². The molecule has 1 rings (SSSR count). The molecule has 0 aliphatic carbocycles. The van der Waals surface area contributed by atoms with Gasteiger partial charge in [0, 0.05) is 25.7 Å².